The summed E-state index contributed by atoms with van der Waals surface area (Å²) in [6.07, 6.45) is 0. The molecule has 3 amide bonds. The van der Waals surface area contributed by atoms with E-state index in [1.54, 1.807) is 29.2 Å². The second-order valence-electron chi connectivity index (χ2n) is 6.40. The van der Waals surface area contributed by atoms with E-state index in [2.05, 4.69) is 5.32 Å². The highest BCUT2D eigenvalue weighted by atomic mass is 32.2. The van der Waals surface area contributed by atoms with E-state index in [9.17, 15) is 18.0 Å². The van der Waals surface area contributed by atoms with Gasteiger partial charge >= 0.3 is 6.03 Å². The lowest BCUT2D eigenvalue weighted by Crippen LogP contribution is -2.37. The summed E-state index contributed by atoms with van der Waals surface area (Å²) in [6.45, 7) is 3.25. The summed E-state index contributed by atoms with van der Waals surface area (Å²) in [5, 5.41) is 7.69. The summed E-state index contributed by atoms with van der Waals surface area (Å²) < 4.78 is 27.9. The molecule has 10 heteroatoms. The summed E-state index contributed by atoms with van der Waals surface area (Å²) >= 11 is 0. The van der Waals surface area contributed by atoms with Gasteiger partial charge < -0.3 is 15.0 Å². The van der Waals surface area contributed by atoms with Gasteiger partial charge in [-0.3, -0.25) is 9.69 Å². The van der Waals surface area contributed by atoms with Crippen molar-refractivity contribution in [2.75, 3.05) is 36.5 Å². The Morgan fingerprint density at radius 2 is 1.76 bits per heavy atom. The normalized spacial score (nSPS) is 14.2. The van der Waals surface area contributed by atoms with Crippen molar-refractivity contribution in [1.82, 2.24) is 4.90 Å². The van der Waals surface area contributed by atoms with E-state index < -0.39 is 10.0 Å². The number of sulfonamides is 1. The number of primary sulfonamides is 1. The van der Waals surface area contributed by atoms with Gasteiger partial charge in [0.1, 0.15) is 12.3 Å². The molecule has 0 aliphatic carbocycles. The number of carbonyl (C=O) groups excluding carboxylic acids is 2. The highest BCUT2D eigenvalue weighted by Gasteiger charge is 2.30. The van der Waals surface area contributed by atoms with Crippen LogP contribution in [-0.4, -0.2) is 51.5 Å². The van der Waals surface area contributed by atoms with Crippen LogP contribution in [0.15, 0.2) is 53.4 Å². The molecule has 154 valence electrons. The standard InChI is InChI=1S/C19H22N4O5S/c1-2-28-16-7-5-15(6-8-16)23-12-11-22(19(23)25)13-18(24)21-14-3-9-17(10-4-14)29(20,26)27/h3-10H,2,11-13H2,1H3,(H,21,24)(H2,20,26,27). The Kier molecular flexibility index (Phi) is 6.04. The average molecular weight is 418 g/mol. The van der Waals surface area contributed by atoms with Gasteiger partial charge in [-0.25, -0.2) is 18.4 Å². The molecule has 0 saturated carbocycles. The summed E-state index contributed by atoms with van der Waals surface area (Å²) in [5.41, 5.74) is 1.15. The van der Waals surface area contributed by atoms with Crippen LogP contribution in [0.1, 0.15) is 6.92 Å². The molecule has 3 rings (SSSR count). The topological polar surface area (TPSA) is 122 Å². The average Bonchev–Trinajstić information content (AvgIpc) is 3.03. The second kappa shape index (κ2) is 8.50. The number of urea groups is 1. The highest BCUT2D eigenvalue weighted by molar-refractivity contribution is 7.89. The first kappa shape index (κ1) is 20.6. The predicted molar refractivity (Wildman–Crippen MR) is 108 cm³/mol. The number of benzene rings is 2. The highest BCUT2D eigenvalue weighted by Crippen LogP contribution is 2.23. The van der Waals surface area contributed by atoms with Crippen LogP contribution < -0.4 is 20.1 Å². The zero-order valence-electron chi connectivity index (χ0n) is 15.9. The zero-order chi connectivity index (χ0) is 21.0. The summed E-state index contributed by atoms with van der Waals surface area (Å²) in [6, 6.07) is 12.4. The fourth-order valence-electron chi connectivity index (χ4n) is 2.96. The van der Waals surface area contributed by atoms with Crippen LogP contribution in [-0.2, 0) is 14.8 Å². The van der Waals surface area contributed by atoms with Crippen molar-refractivity contribution in [2.45, 2.75) is 11.8 Å². The minimum Gasteiger partial charge on any atom is -0.494 e. The fourth-order valence-corrected chi connectivity index (χ4v) is 3.48. The number of ether oxygens (including phenoxy) is 1. The van der Waals surface area contributed by atoms with E-state index >= 15 is 0 Å². The Morgan fingerprint density at radius 1 is 1.10 bits per heavy atom. The summed E-state index contributed by atoms with van der Waals surface area (Å²) in [4.78, 5) is 27.9. The van der Waals surface area contributed by atoms with Gasteiger partial charge in [0.05, 0.1) is 11.5 Å². The summed E-state index contributed by atoms with van der Waals surface area (Å²) in [5.74, 6) is 0.350. The largest absolute Gasteiger partial charge is 0.494 e. The monoisotopic (exact) mass is 418 g/mol. The Morgan fingerprint density at radius 3 is 2.34 bits per heavy atom. The molecular formula is C19H22N4O5S. The Bertz CT molecular complexity index is 990. The lowest BCUT2D eigenvalue weighted by molar-refractivity contribution is -0.116. The number of nitrogens with zero attached hydrogens (tertiary/aromatic N) is 2. The van der Waals surface area contributed by atoms with Crippen molar-refractivity contribution in [3.63, 3.8) is 0 Å². The SMILES string of the molecule is CCOc1ccc(N2CCN(CC(=O)Nc3ccc(S(N)(=O)=O)cc3)C2=O)cc1. The third-order valence-electron chi connectivity index (χ3n) is 4.36. The molecule has 2 aromatic carbocycles. The molecule has 2 aromatic rings. The molecule has 1 saturated heterocycles. The molecule has 1 aliphatic heterocycles. The summed E-state index contributed by atoms with van der Waals surface area (Å²) in [7, 11) is -3.79. The van der Waals surface area contributed by atoms with E-state index in [1.807, 2.05) is 6.92 Å². The smallest absolute Gasteiger partial charge is 0.325 e. The van der Waals surface area contributed by atoms with Gasteiger partial charge in [0.25, 0.3) is 0 Å². The second-order valence-corrected chi connectivity index (χ2v) is 7.96. The number of hydrogen-bond acceptors (Lipinski definition) is 5. The predicted octanol–water partition coefficient (Wildman–Crippen LogP) is 1.61. The van der Waals surface area contributed by atoms with Gasteiger partial charge in [-0.15, -0.1) is 0 Å². The first-order valence-corrected chi connectivity index (χ1v) is 10.5. The minimum absolute atomic E-state index is 0.0452. The Labute approximate surface area is 169 Å². The van der Waals surface area contributed by atoms with Crippen molar-refractivity contribution < 1.29 is 22.7 Å². The van der Waals surface area contributed by atoms with Crippen LogP contribution in [0.25, 0.3) is 0 Å². The van der Waals surface area contributed by atoms with Gasteiger partial charge in [-0.2, -0.15) is 0 Å². The van der Waals surface area contributed by atoms with Gasteiger partial charge in [0, 0.05) is 24.5 Å². The zero-order valence-corrected chi connectivity index (χ0v) is 16.7. The minimum atomic E-state index is -3.79. The van der Waals surface area contributed by atoms with Crippen LogP contribution >= 0.6 is 0 Å². The third kappa shape index (κ3) is 5.04. The maximum absolute atomic E-state index is 12.6. The molecule has 1 fully saturated rings. The molecule has 0 radical (unpaired) electrons. The molecule has 1 heterocycles. The molecule has 29 heavy (non-hydrogen) atoms. The van der Waals surface area contributed by atoms with Gasteiger partial charge in [-0.1, -0.05) is 0 Å². The lowest BCUT2D eigenvalue weighted by atomic mass is 10.3. The van der Waals surface area contributed by atoms with Gasteiger partial charge in [-0.05, 0) is 55.5 Å². The van der Waals surface area contributed by atoms with Crippen molar-refractivity contribution in [1.29, 1.82) is 0 Å². The molecule has 0 bridgehead atoms. The first-order chi connectivity index (χ1) is 13.8. The van der Waals surface area contributed by atoms with E-state index in [-0.39, 0.29) is 23.4 Å². The molecule has 0 atom stereocenters. The van der Waals surface area contributed by atoms with E-state index in [1.165, 1.54) is 29.2 Å². The van der Waals surface area contributed by atoms with E-state index in [0.717, 1.165) is 11.4 Å². The van der Waals surface area contributed by atoms with E-state index in [0.29, 0.717) is 25.4 Å². The van der Waals surface area contributed by atoms with Crippen LogP contribution in [0.3, 0.4) is 0 Å². The van der Waals surface area contributed by atoms with Crippen molar-refractivity contribution in [3.05, 3.63) is 48.5 Å². The van der Waals surface area contributed by atoms with E-state index in [4.69, 9.17) is 9.88 Å². The first-order valence-electron chi connectivity index (χ1n) is 9.00. The van der Waals surface area contributed by atoms with Crippen LogP contribution in [0.4, 0.5) is 16.2 Å². The number of nitrogens with two attached hydrogens (primary N) is 1. The van der Waals surface area contributed by atoms with Crippen molar-refractivity contribution in [2.24, 2.45) is 5.14 Å². The van der Waals surface area contributed by atoms with Crippen molar-refractivity contribution in [3.8, 4) is 5.75 Å². The molecule has 9 nitrogen and oxygen atoms in total. The number of hydrogen-bond donors (Lipinski definition) is 2. The third-order valence-corrected chi connectivity index (χ3v) is 5.28. The van der Waals surface area contributed by atoms with Crippen LogP contribution in [0, 0.1) is 0 Å². The maximum atomic E-state index is 12.6. The maximum Gasteiger partial charge on any atom is 0.325 e. The van der Waals surface area contributed by atoms with Gasteiger partial charge in [0.2, 0.25) is 15.9 Å². The number of rotatable bonds is 7. The number of anilines is 2. The quantitative estimate of drug-likeness (QED) is 0.707. The number of carbonyl (C=O) groups is 2. The fraction of sp³-hybridized carbons (Fsp3) is 0.263. The van der Waals surface area contributed by atoms with Gasteiger partial charge in [0.15, 0.2) is 0 Å². The molecule has 0 unspecified atom stereocenters. The number of amides is 3. The molecular weight excluding hydrogens is 396 g/mol. The molecule has 0 spiro atoms. The van der Waals surface area contributed by atoms with Crippen LogP contribution in [0.2, 0.25) is 0 Å². The molecule has 0 aromatic heterocycles. The van der Waals surface area contributed by atoms with Crippen molar-refractivity contribution >= 4 is 33.3 Å². The lowest BCUT2D eigenvalue weighted by Gasteiger charge is -2.18. The molecule has 3 N–H and O–H groups in total. The number of nitrogens with one attached hydrogen (secondary N) is 1. The van der Waals surface area contributed by atoms with Crippen LogP contribution in [0.5, 0.6) is 5.75 Å². The molecule has 1 aliphatic rings. The Hall–Kier alpha value is -3.11. The Balaban J connectivity index is 1.58.